The highest BCUT2D eigenvalue weighted by Gasteiger charge is 2.28. The van der Waals surface area contributed by atoms with Crippen LogP contribution >= 0.6 is 0 Å². The van der Waals surface area contributed by atoms with Gasteiger partial charge in [-0.1, -0.05) is 30.3 Å². The quantitative estimate of drug-likeness (QED) is 0.816. The summed E-state index contributed by atoms with van der Waals surface area (Å²) in [7, 11) is -3.54. The minimum absolute atomic E-state index is 0.0467. The molecule has 132 valence electrons. The molecule has 0 saturated carbocycles. The van der Waals surface area contributed by atoms with E-state index < -0.39 is 15.8 Å². The van der Waals surface area contributed by atoms with Gasteiger partial charge in [0.05, 0.1) is 18.9 Å². The molecule has 1 saturated heterocycles. The van der Waals surface area contributed by atoms with Crippen molar-refractivity contribution in [2.45, 2.75) is 18.9 Å². The Morgan fingerprint density at radius 3 is 2.64 bits per heavy atom. The van der Waals surface area contributed by atoms with E-state index in [9.17, 15) is 12.8 Å². The maximum Gasteiger partial charge on any atom is 0.316 e. The predicted octanol–water partition coefficient (Wildman–Crippen LogP) is 2.46. The molecule has 1 aliphatic heterocycles. The van der Waals surface area contributed by atoms with Crippen molar-refractivity contribution in [3.8, 4) is 6.01 Å². The van der Waals surface area contributed by atoms with Crippen LogP contribution < -0.4 is 4.74 Å². The van der Waals surface area contributed by atoms with Crippen LogP contribution in [0.2, 0.25) is 0 Å². The standard InChI is InChI=1S/C17H18FN3O3S/c18-15-11-19-17(20-12-15)24-16-7-4-9-21(13-16)25(22,23)10-8-14-5-2-1-3-6-14/h1-3,5-6,8,10-12,16H,4,7,9,13H2/b10-8+. The molecule has 3 rings (SSSR count). The van der Waals surface area contributed by atoms with Crippen molar-refractivity contribution in [1.82, 2.24) is 14.3 Å². The lowest BCUT2D eigenvalue weighted by molar-refractivity contribution is 0.119. The van der Waals surface area contributed by atoms with E-state index in [2.05, 4.69) is 9.97 Å². The zero-order valence-corrected chi connectivity index (χ0v) is 14.3. The fourth-order valence-electron chi connectivity index (χ4n) is 2.56. The van der Waals surface area contributed by atoms with Crippen LogP contribution in [0.15, 0.2) is 48.1 Å². The molecule has 0 N–H and O–H groups in total. The van der Waals surface area contributed by atoms with E-state index in [1.807, 2.05) is 30.3 Å². The highest BCUT2D eigenvalue weighted by molar-refractivity contribution is 7.92. The number of ether oxygens (including phenoxy) is 1. The Balaban J connectivity index is 1.65. The number of sulfonamides is 1. The molecule has 25 heavy (non-hydrogen) atoms. The SMILES string of the molecule is O=S(=O)(/C=C/c1ccccc1)N1CCCC(Oc2ncc(F)cn2)C1. The third-order valence-electron chi connectivity index (χ3n) is 3.80. The van der Waals surface area contributed by atoms with Crippen molar-refractivity contribution in [1.29, 1.82) is 0 Å². The van der Waals surface area contributed by atoms with Crippen molar-refractivity contribution < 1.29 is 17.5 Å². The van der Waals surface area contributed by atoms with Gasteiger partial charge in [0.15, 0.2) is 5.82 Å². The molecule has 1 fully saturated rings. The van der Waals surface area contributed by atoms with E-state index in [1.54, 1.807) is 6.08 Å². The van der Waals surface area contributed by atoms with E-state index in [0.29, 0.717) is 19.4 Å². The molecule has 2 aromatic rings. The molecule has 0 bridgehead atoms. The summed E-state index contributed by atoms with van der Waals surface area (Å²) >= 11 is 0. The maximum atomic E-state index is 12.8. The monoisotopic (exact) mass is 363 g/mol. The number of hydrogen-bond acceptors (Lipinski definition) is 5. The predicted molar refractivity (Wildman–Crippen MR) is 91.6 cm³/mol. The van der Waals surface area contributed by atoms with E-state index in [1.165, 1.54) is 9.71 Å². The second-order valence-electron chi connectivity index (χ2n) is 5.68. The zero-order chi connectivity index (χ0) is 17.7. The molecular formula is C17H18FN3O3S. The average molecular weight is 363 g/mol. The molecule has 1 atom stereocenters. The van der Waals surface area contributed by atoms with Gasteiger partial charge in [-0.2, -0.15) is 4.31 Å². The molecule has 8 heteroatoms. The Morgan fingerprint density at radius 2 is 1.92 bits per heavy atom. The van der Waals surface area contributed by atoms with Gasteiger partial charge in [0.2, 0.25) is 10.0 Å². The summed E-state index contributed by atoms with van der Waals surface area (Å²) in [5.74, 6) is -0.550. The summed E-state index contributed by atoms with van der Waals surface area (Å²) in [6, 6.07) is 9.28. The van der Waals surface area contributed by atoms with Crippen molar-refractivity contribution >= 4 is 16.1 Å². The van der Waals surface area contributed by atoms with Crippen molar-refractivity contribution in [3.63, 3.8) is 0 Å². The molecule has 1 aromatic heterocycles. The highest BCUT2D eigenvalue weighted by Crippen LogP contribution is 2.19. The lowest BCUT2D eigenvalue weighted by atomic mass is 10.1. The molecule has 0 spiro atoms. The zero-order valence-electron chi connectivity index (χ0n) is 13.5. The van der Waals surface area contributed by atoms with Crippen LogP contribution in [0.4, 0.5) is 4.39 Å². The van der Waals surface area contributed by atoms with Gasteiger partial charge in [-0.3, -0.25) is 0 Å². The van der Waals surface area contributed by atoms with Gasteiger partial charge in [-0.05, 0) is 24.5 Å². The number of benzene rings is 1. The molecule has 0 radical (unpaired) electrons. The molecule has 2 heterocycles. The van der Waals surface area contributed by atoms with Crippen LogP contribution in [0.25, 0.3) is 6.08 Å². The molecular weight excluding hydrogens is 345 g/mol. The van der Waals surface area contributed by atoms with E-state index in [0.717, 1.165) is 18.0 Å². The number of aromatic nitrogens is 2. The van der Waals surface area contributed by atoms with E-state index in [-0.39, 0.29) is 18.7 Å². The number of hydrogen-bond donors (Lipinski definition) is 0. The molecule has 1 aliphatic rings. The van der Waals surface area contributed by atoms with Gasteiger partial charge in [-0.15, -0.1) is 0 Å². The van der Waals surface area contributed by atoms with Crippen LogP contribution in [0.3, 0.4) is 0 Å². The third-order valence-corrected chi connectivity index (χ3v) is 5.33. The first-order valence-electron chi connectivity index (χ1n) is 7.90. The lowest BCUT2D eigenvalue weighted by Crippen LogP contribution is -2.43. The van der Waals surface area contributed by atoms with E-state index in [4.69, 9.17) is 4.74 Å². The van der Waals surface area contributed by atoms with Crippen LogP contribution in [0, 0.1) is 5.82 Å². The van der Waals surface area contributed by atoms with Crippen LogP contribution in [-0.4, -0.2) is 41.9 Å². The van der Waals surface area contributed by atoms with Gasteiger partial charge in [0.1, 0.15) is 6.10 Å². The second-order valence-corrected chi connectivity index (χ2v) is 7.50. The normalized spacial score (nSPS) is 19.2. The van der Waals surface area contributed by atoms with Gasteiger partial charge in [-0.25, -0.2) is 22.8 Å². The Labute approximate surface area is 146 Å². The van der Waals surface area contributed by atoms with Crippen LogP contribution in [0.1, 0.15) is 18.4 Å². The Morgan fingerprint density at radius 1 is 1.20 bits per heavy atom. The largest absolute Gasteiger partial charge is 0.459 e. The number of rotatable bonds is 5. The van der Waals surface area contributed by atoms with Gasteiger partial charge in [0, 0.05) is 12.0 Å². The first-order chi connectivity index (χ1) is 12.0. The summed E-state index contributed by atoms with van der Waals surface area (Å²) in [5.41, 5.74) is 0.815. The summed E-state index contributed by atoms with van der Waals surface area (Å²) in [6.07, 6.45) is 4.60. The van der Waals surface area contributed by atoms with Gasteiger partial charge >= 0.3 is 6.01 Å². The Kier molecular flexibility index (Phi) is 5.40. The molecule has 1 aromatic carbocycles. The topological polar surface area (TPSA) is 72.4 Å². The maximum absolute atomic E-state index is 12.8. The second kappa shape index (κ2) is 7.71. The summed E-state index contributed by atoms with van der Waals surface area (Å²) in [5, 5.41) is 1.21. The number of piperidine rings is 1. The first-order valence-corrected chi connectivity index (χ1v) is 9.41. The average Bonchev–Trinajstić information content (AvgIpc) is 2.63. The minimum atomic E-state index is -3.54. The highest BCUT2D eigenvalue weighted by atomic mass is 32.2. The smallest absolute Gasteiger partial charge is 0.316 e. The third kappa shape index (κ3) is 4.83. The number of halogens is 1. The molecule has 1 unspecified atom stereocenters. The van der Waals surface area contributed by atoms with E-state index >= 15 is 0 Å². The first kappa shape index (κ1) is 17.5. The minimum Gasteiger partial charge on any atom is -0.459 e. The number of nitrogens with zero attached hydrogens (tertiary/aromatic N) is 3. The van der Waals surface area contributed by atoms with Crippen LogP contribution in [0.5, 0.6) is 6.01 Å². The van der Waals surface area contributed by atoms with Crippen LogP contribution in [-0.2, 0) is 10.0 Å². The van der Waals surface area contributed by atoms with Crippen molar-refractivity contribution in [3.05, 3.63) is 59.5 Å². The summed E-state index contributed by atoms with van der Waals surface area (Å²) < 4.78 is 44.8. The van der Waals surface area contributed by atoms with Gasteiger partial charge < -0.3 is 4.74 Å². The molecule has 6 nitrogen and oxygen atoms in total. The lowest BCUT2D eigenvalue weighted by Gasteiger charge is -2.30. The van der Waals surface area contributed by atoms with Crippen molar-refractivity contribution in [2.75, 3.05) is 13.1 Å². The summed E-state index contributed by atoms with van der Waals surface area (Å²) in [6.45, 7) is 0.647. The molecule has 0 amide bonds. The summed E-state index contributed by atoms with van der Waals surface area (Å²) in [4.78, 5) is 7.49. The Hall–Kier alpha value is -2.32. The van der Waals surface area contributed by atoms with Crippen molar-refractivity contribution in [2.24, 2.45) is 0 Å². The Bertz CT molecular complexity index is 826. The van der Waals surface area contributed by atoms with Gasteiger partial charge in [0.25, 0.3) is 0 Å². The molecule has 0 aliphatic carbocycles. The fourth-order valence-corrected chi connectivity index (χ4v) is 3.82. The fraction of sp³-hybridized carbons (Fsp3) is 0.294.